The van der Waals surface area contributed by atoms with Crippen LogP contribution in [0.2, 0.25) is 0 Å². The summed E-state index contributed by atoms with van der Waals surface area (Å²) in [5.74, 6) is -0.447. The summed E-state index contributed by atoms with van der Waals surface area (Å²) >= 11 is 4.74. The van der Waals surface area contributed by atoms with Gasteiger partial charge in [0.25, 0.3) is 0 Å². The highest BCUT2D eigenvalue weighted by molar-refractivity contribution is 7.80. The van der Waals surface area contributed by atoms with E-state index in [9.17, 15) is 4.79 Å². The lowest BCUT2D eigenvalue weighted by molar-refractivity contribution is -0.119. The van der Waals surface area contributed by atoms with Crippen molar-refractivity contribution >= 4 is 40.3 Å². The van der Waals surface area contributed by atoms with Gasteiger partial charge >= 0.3 is 5.91 Å². The second-order valence-electron chi connectivity index (χ2n) is 4.12. The Balaban J connectivity index is 2.18. The lowest BCUT2D eigenvalue weighted by Gasteiger charge is -2.07. The van der Waals surface area contributed by atoms with Crippen molar-refractivity contribution < 1.29 is 4.79 Å². The molecule has 0 saturated carbocycles. The molecule has 8 heteroatoms. The second kappa shape index (κ2) is 5.76. The SMILES string of the molecule is CC1=NN(C(N)=S)C(=O)C1=NNc1cccc(CN)c1. The third-order valence-electron chi connectivity index (χ3n) is 2.66. The molecule has 0 spiro atoms. The van der Waals surface area contributed by atoms with Crippen molar-refractivity contribution in [3.63, 3.8) is 0 Å². The molecule has 1 aliphatic rings. The Morgan fingerprint density at radius 3 is 2.90 bits per heavy atom. The number of anilines is 1. The van der Waals surface area contributed by atoms with Crippen molar-refractivity contribution in [1.29, 1.82) is 0 Å². The zero-order chi connectivity index (χ0) is 14.7. The minimum atomic E-state index is -0.447. The molecule has 1 aliphatic heterocycles. The zero-order valence-corrected chi connectivity index (χ0v) is 11.6. The van der Waals surface area contributed by atoms with Crippen LogP contribution in [0.3, 0.4) is 0 Å². The molecule has 7 nitrogen and oxygen atoms in total. The molecule has 0 aromatic heterocycles. The quantitative estimate of drug-likeness (QED) is 0.550. The molecule has 5 N–H and O–H groups in total. The largest absolute Gasteiger partial charge is 0.374 e. The first-order valence-electron chi connectivity index (χ1n) is 5.85. The Hall–Kier alpha value is -2.32. The highest BCUT2D eigenvalue weighted by Gasteiger charge is 2.31. The van der Waals surface area contributed by atoms with Crippen LogP contribution in [-0.2, 0) is 11.3 Å². The normalized spacial score (nSPS) is 16.5. The molecule has 0 bridgehead atoms. The maximum absolute atomic E-state index is 12.0. The summed E-state index contributed by atoms with van der Waals surface area (Å²) in [6, 6.07) is 7.42. The number of benzene rings is 1. The molecule has 2 rings (SSSR count). The van der Waals surface area contributed by atoms with Crippen molar-refractivity contribution in [3.8, 4) is 0 Å². The zero-order valence-electron chi connectivity index (χ0n) is 10.8. The van der Waals surface area contributed by atoms with E-state index in [0.717, 1.165) is 16.3 Å². The van der Waals surface area contributed by atoms with Crippen LogP contribution in [0.15, 0.2) is 34.5 Å². The molecule has 0 atom stereocenters. The van der Waals surface area contributed by atoms with Gasteiger partial charge in [-0.15, -0.1) is 0 Å². The molecule has 0 fully saturated rings. The third kappa shape index (κ3) is 2.81. The fourth-order valence-corrected chi connectivity index (χ4v) is 1.79. The Labute approximate surface area is 121 Å². The highest BCUT2D eigenvalue weighted by atomic mass is 32.1. The van der Waals surface area contributed by atoms with Crippen LogP contribution in [-0.4, -0.2) is 27.5 Å². The van der Waals surface area contributed by atoms with E-state index in [1.807, 2.05) is 24.3 Å². The van der Waals surface area contributed by atoms with Gasteiger partial charge in [0, 0.05) is 6.54 Å². The van der Waals surface area contributed by atoms with Gasteiger partial charge in [0.1, 0.15) is 0 Å². The summed E-state index contributed by atoms with van der Waals surface area (Å²) in [7, 11) is 0. The predicted molar refractivity (Wildman–Crippen MR) is 82.1 cm³/mol. The first-order valence-corrected chi connectivity index (χ1v) is 6.26. The number of carbonyl (C=O) groups excluding carboxylic acids is 1. The van der Waals surface area contributed by atoms with E-state index < -0.39 is 5.91 Å². The van der Waals surface area contributed by atoms with Gasteiger partial charge in [0.2, 0.25) is 0 Å². The fraction of sp³-hybridized carbons (Fsp3) is 0.167. The van der Waals surface area contributed by atoms with E-state index in [0.29, 0.717) is 12.3 Å². The number of nitrogens with two attached hydrogens (primary N) is 2. The van der Waals surface area contributed by atoms with Crippen molar-refractivity contribution in [3.05, 3.63) is 29.8 Å². The minimum Gasteiger partial charge on any atom is -0.374 e. The summed E-state index contributed by atoms with van der Waals surface area (Å²) in [6.07, 6.45) is 0. The second-order valence-corrected chi connectivity index (χ2v) is 4.54. The fourth-order valence-electron chi connectivity index (χ4n) is 1.66. The van der Waals surface area contributed by atoms with Crippen LogP contribution in [0.5, 0.6) is 0 Å². The number of hydrogen-bond acceptors (Lipinski definition) is 6. The van der Waals surface area contributed by atoms with Crippen LogP contribution in [0, 0.1) is 0 Å². The highest BCUT2D eigenvalue weighted by Crippen LogP contribution is 2.11. The minimum absolute atomic E-state index is 0.107. The average Bonchev–Trinajstić information content (AvgIpc) is 2.72. The van der Waals surface area contributed by atoms with Crippen molar-refractivity contribution in [2.24, 2.45) is 21.7 Å². The number of hydrogen-bond donors (Lipinski definition) is 3. The van der Waals surface area contributed by atoms with Crippen LogP contribution >= 0.6 is 12.2 Å². The van der Waals surface area contributed by atoms with Gasteiger partial charge in [-0.3, -0.25) is 10.2 Å². The molecular weight excluding hydrogens is 276 g/mol. The van der Waals surface area contributed by atoms with E-state index in [2.05, 4.69) is 15.6 Å². The van der Waals surface area contributed by atoms with Gasteiger partial charge < -0.3 is 11.5 Å². The summed E-state index contributed by atoms with van der Waals surface area (Å²) in [5, 5.41) is 8.83. The lowest BCUT2D eigenvalue weighted by Crippen LogP contribution is -2.36. The lowest BCUT2D eigenvalue weighted by atomic mass is 10.2. The number of nitrogens with one attached hydrogen (secondary N) is 1. The summed E-state index contributed by atoms with van der Waals surface area (Å²) < 4.78 is 0. The van der Waals surface area contributed by atoms with E-state index in [-0.39, 0.29) is 10.8 Å². The maximum atomic E-state index is 12.0. The molecule has 1 heterocycles. The summed E-state index contributed by atoms with van der Waals surface area (Å²) in [4.78, 5) is 12.0. The van der Waals surface area contributed by atoms with Gasteiger partial charge in [0.05, 0.1) is 11.4 Å². The van der Waals surface area contributed by atoms with Gasteiger partial charge in [-0.05, 0) is 36.8 Å². The number of amides is 1. The number of carbonyl (C=O) groups is 1. The molecule has 20 heavy (non-hydrogen) atoms. The molecule has 1 aromatic rings. The molecule has 0 radical (unpaired) electrons. The van der Waals surface area contributed by atoms with E-state index in [4.69, 9.17) is 23.7 Å². The van der Waals surface area contributed by atoms with Crippen molar-refractivity contribution in [1.82, 2.24) is 5.01 Å². The van der Waals surface area contributed by atoms with Crippen LogP contribution in [0.4, 0.5) is 5.69 Å². The Kier molecular flexibility index (Phi) is 4.06. The van der Waals surface area contributed by atoms with Crippen LogP contribution in [0.1, 0.15) is 12.5 Å². The standard InChI is InChI=1S/C12H14N6OS/c1-7-10(11(19)18(17-7)12(14)20)16-15-9-4-2-3-8(5-9)6-13/h2-5,15H,6,13H2,1H3,(H2,14,20). The average molecular weight is 290 g/mol. The smallest absolute Gasteiger partial charge is 0.303 e. The summed E-state index contributed by atoms with van der Waals surface area (Å²) in [6.45, 7) is 2.09. The van der Waals surface area contributed by atoms with Gasteiger partial charge in [-0.25, -0.2) is 0 Å². The monoisotopic (exact) mass is 290 g/mol. The van der Waals surface area contributed by atoms with Gasteiger partial charge in [-0.1, -0.05) is 12.1 Å². The maximum Gasteiger partial charge on any atom is 0.303 e. The molecule has 0 unspecified atom stereocenters. The van der Waals surface area contributed by atoms with Crippen LogP contribution in [0.25, 0.3) is 0 Å². The molecule has 0 aliphatic carbocycles. The van der Waals surface area contributed by atoms with E-state index in [1.54, 1.807) is 6.92 Å². The first kappa shape index (κ1) is 14.1. The molecule has 0 saturated heterocycles. The Morgan fingerprint density at radius 2 is 2.30 bits per heavy atom. The first-order chi connectivity index (χ1) is 9.52. The topological polar surface area (TPSA) is 109 Å². The van der Waals surface area contributed by atoms with E-state index in [1.165, 1.54) is 0 Å². The third-order valence-corrected chi connectivity index (χ3v) is 2.83. The summed E-state index contributed by atoms with van der Waals surface area (Å²) in [5.41, 5.74) is 16.1. The predicted octanol–water partition coefficient (Wildman–Crippen LogP) is 0.375. The van der Waals surface area contributed by atoms with E-state index >= 15 is 0 Å². The Bertz CT molecular complexity index is 624. The van der Waals surface area contributed by atoms with Crippen molar-refractivity contribution in [2.75, 3.05) is 5.43 Å². The van der Waals surface area contributed by atoms with Crippen LogP contribution < -0.4 is 16.9 Å². The van der Waals surface area contributed by atoms with Crippen molar-refractivity contribution in [2.45, 2.75) is 13.5 Å². The molecule has 1 amide bonds. The number of hydrazone groups is 2. The number of rotatable bonds is 3. The number of thiocarbonyl (C=S) groups is 1. The Morgan fingerprint density at radius 1 is 1.55 bits per heavy atom. The molecule has 1 aromatic carbocycles. The molecule has 104 valence electrons. The molecular formula is C12H14N6OS. The van der Waals surface area contributed by atoms with Gasteiger partial charge in [0.15, 0.2) is 10.8 Å². The number of nitrogens with zero attached hydrogens (tertiary/aromatic N) is 3. The van der Waals surface area contributed by atoms with Gasteiger partial charge in [-0.2, -0.15) is 15.2 Å².